The molecule has 28 valence electrons. The Labute approximate surface area is 47.5 Å². The Morgan fingerprint density at radius 2 is 1.20 bits per heavy atom. The summed E-state index contributed by atoms with van der Waals surface area (Å²) in [6.07, 6.45) is 3.28. The van der Waals surface area contributed by atoms with Crippen LogP contribution in [0, 0.1) is 13.8 Å². The summed E-state index contributed by atoms with van der Waals surface area (Å²) in [4.78, 5) is 0. The van der Waals surface area contributed by atoms with Gasteiger partial charge in [0.1, 0.15) is 0 Å². The molecule has 0 unspecified atom stereocenters. The normalized spacial score (nSPS) is 7.20. The third-order valence-corrected chi connectivity index (χ3v) is 0.167. The Morgan fingerprint density at radius 3 is 1.20 bits per heavy atom. The van der Waals surface area contributed by atoms with Crippen molar-refractivity contribution in [2.75, 3.05) is 0 Å². The van der Waals surface area contributed by atoms with Gasteiger partial charge >= 0.3 is 21.1 Å². The number of rotatable bonds is 0. The fourth-order valence-corrected chi connectivity index (χ4v) is 0. The molecule has 0 aromatic rings. The fourth-order valence-electron chi connectivity index (χ4n) is 0. The molecular formula is C4H6W. The molecule has 1 heteroatoms. The Balaban J connectivity index is 0. The summed E-state index contributed by atoms with van der Waals surface area (Å²) in [5, 5.41) is 0. The van der Waals surface area contributed by atoms with Crippen molar-refractivity contribution in [1.29, 1.82) is 0 Å². The van der Waals surface area contributed by atoms with Crippen molar-refractivity contribution in [3.8, 4) is 0 Å². The first-order chi connectivity index (χ1) is 1.91. The van der Waals surface area contributed by atoms with E-state index in [2.05, 4.69) is 13.8 Å². The van der Waals surface area contributed by atoms with Crippen LogP contribution in [0.3, 0.4) is 0 Å². The van der Waals surface area contributed by atoms with Crippen LogP contribution in [0.2, 0.25) is 0 Å². The van der Waals surface area contributed by atoms with Crippen LogP contribution in [-0.2, 0) is 21.1 Å². The monoisotopic (exact) mass is 238 g/mol. The van der Waals surface area contributed by atoms with E-state index in [0.29, 0.717) is 0 Å². The predicted octanol–water partition coefficient (Wildman–Crippen LogP) is 1.21. The summed E-state index contributed by atoms with van der Waals surface area (Å²) in [6, 6.07) is 0. The van der Waals surface area contributed by atoms with Crippen LogP contribution in [0.4, 0.5) is 0 Å². The van der Waals surface area contributed by atoms with Gasteiger partial charge in [-0.3, -0.25) is 0 Å². The zero-order valence-electron chi connectivity index (χ0n) is 2.98. The molecule has 0 nitrogen and oxygen atoms in total. The van der Waals surface area contributed by atoms with Gasteiger partial charge in [-0.25, -0.2) is 0 Å². The van der Waals surface area contributed by atoms with E-state index in [1.165, 1.54) is 0 Å². The Bertz CT molecular complexity index is 18.8. The Hall–Kier alpha value is 0.168. The minimum absolute atomic E-state index is 0. The molecule has 0 aliphatic heterocycles. The summed E-state index contributed by atoms with van der Waals surface area (Å²) < 4.78 is 0. The van der Waals surface area contributed by atoms with Gasteiger partial charge in [0, 0.05) is 0 Å². The summed E-state index contributed by atoms with van der Waals surface area (Å²) in [5.74, 6) is 0. The molecule has 0 heterocycles. The van der Waals surface area contributed by atoms with Gasteiger partial charge in [-0.2, -0.15) is 0 Å². The average molecular weight is 238 g/mol. The van der Waals surface area contributed by atoms with Crippen molar-refractivity contribution < 1.29 is 21.1 Å². The van der Waals surface area contributed by atoms with Crippen molar-refractivity contribution >= 4 is 0 Å². The van der Waals surface area contributed by atoms with E-state index >= 15 is 0 Å². The minimum atomic E-state index is 0. The van der Waals surface area contributed by atoms with Gasteiger partial charge in [0.2, 0.25) is 0 Å². The van der Waals surface area contributed by atoms with Crippen LogP contribution in [0.1, 0.15) is 0 Å². The van der Waals surface area contributed by atoms with Gasteiger partial charge in [0.15, 0.2) is 0 Å². The van der Waals surface area contributed by atoms with Crippen molar-refractivity contribution in [2.45, 2.75) is 0 Å². The average Bonchev–Trinajstić information content (AvgIpc) is 1.37. The van der Waals surface area contributed by atoms with E-state index in [1.807, 2.05) is 0 Å². The Morgan fingerprint density at radius 1 is 1.00 bits per heavy atom. The first-order valence-electron chi connectivity index (χ1n) is 1.15. The van der Waals surface area contributed by atoms with Gasteiger partial charge in [0.05, 0.1) is 0 Å². The van der Waals surface area contributed by atoms with E-state index in [9.17, 15) is 0 Å². The fraction of sp³-hybridized carbons (Fsp3) is 0. The van der Waals surface area contributed by atoms with Crippen LogP contribution in [0.5, 0.6) is 0 Å². The third-order valence-electron chi connectivity index (χ3n) is 0.167. The molecule has 0 spiro atoms. The van der Waals surface area contributed by atoms with Crippen LogP contribution >= 0.6 is 0 Å². The molecular weight excluding hydrogens is 232 g/mol. The minimum Gasteiger partial charge on any atom is -0.382 e. The maximum absolute atomic E-state index is 3.36. The molecule has 0 rings (SSSR count). The largest absolute Gasteiger partial charge is 2.00 e. The quantitative estimate of drug-likeness (QED) is 0.556. The summed E-state index contributed by atoms with van der Waals surface area (Å²) in [7, 11) is 0. The molecule has 0 radical (unpaired) electrons. The maximum atomic E-state index is 3.36. The van der Waals surface area contributed by atoms with Crippen LogP contribution in [-0.4, -0.2) is 0 Å². The second-order valence-electron chi connectivity index (χ2n) is 0.471. The number of allylic oxidation sites excluding steroid dienone is 2. The van der Waals surface area contributed by atoms with Crippen molar-refractivity contribution in [3.05, 3.63) is 26.0 Å². The molecule has 0 amide bonds. The number of hydrogen-bond acceptors (Lipinski definition) is 0. The molecule has 0 aliphatic carbocycles. The first kappa shape index (κ1) is 8.95. The second kappa shape index (κ2) is 8.90. The van der Waals surface area contributed by atoms with E-state index in [-0.39, 0.29) is 21.1 Å². The molecule has 0 atom stereocenters. The van der Waals surface area contributed by atoms with Gasteiger partial charge < -0.3 is 26.0 Å². The summed E-state index contributed by atoms with van der Waals surface area (Å²) in [6.45, 7) is 6.72. The maximum Gasteiger partial charge on any atom is 2.00 e. The molecule has 0 N–H and O–H groups in total. The Kier molecular flexibility index (Phi) is 15.9. The first-order valence-corrected chi connectivity index (χ1v) is 1.15. The van der Waals surface area contributed by atoms with Crippen molar-refractivity contribution in [1.82, 2.24) is 0 Å². The van der Waals surface area contributed by atoms with E-state index in [1.54, 1.807) is 12.2 Å². The van der Waals surface area contributed by atoms with Crippen LogP contribution in [0.25, 0.3) is 0 Å². The molecule has 0 bridgehead atoms. The van der Waals surface area contributed by atoms with Gasteiger partial charge in [-0.15, -0.1) is 0 Å². The summed E-state index contributed by atoms with van der Waals surface area (Å²) >= 11 is 0. The second-order valence-corrected chi connectivity index (χ2v) is 0.471. The van der Waals surface area contributed by atoms with Crippen LogP contribution < -0.4 is 0 Å². The third kappa shape index (κ3) is 14.4. The zero-order valence-corrected chi connectivity index (χ0v) is 5.91. The topological polar surface area (TPSA) is 0 Å². The van der Waals surface area contributed by atoms with E-state index in [4.69, 9.17) is 0 Å². The molecule has 5 heavy (non-hydrogen) atoms. The number of hydrogen-bond donors (Lipinski definition) is 0. The predicted molar refractivity (Wildman–Crippen MR) is 19.9 cm³/mol. The molecule has 0 fully saturated rings. The molecule has 0 saturated carbocycles. The summed E-state index contributed by atoms with van der Waals surface area (Å²) in [5.41, 5.74) is 0. The van der Waals surface area contributed by atoms with E-state index in [0.717, 1.165) is 0 Å². The standard InChI is InChI=1S/C4H6.W/c1-3-4-2;/h3-4H,1-2H2;/q-2;+2/b4-3-;. The smallest absolute Gasteiger partial charge is 0.382 e. The van der Waals surface area contributed by atoms with Gasteiger partial charge in [0.25, 0.3) is 0 Å². The van der Waals surface area contributed by atoms with Crippen molar-refractivity contribution in [2.24, 2.45) is 0 Å². The van der Waals surface area contributed by atoms with E-state index < -0.39 is 0 Å². The van der Waals surface area contributed by atoms with Crippen molar-refractivity contribution in [3.63, 3.8) is 0 Å². The zero-order chi connectivity index (χ0) is 3.41. The van der Waals surface area contributed by atoms with Gasteiger partial charge in [-0.05, 0) is 0 Å². The molecule has 0 aliphatic rings. The van der Waals surface area contributed by atoms with Crippen LogP contribution in [0.15, 0.2) is 12.2 Å². The molecule has 0 saturated heterocycles. The van der Waals surface area contributed by atoms with Gasteiger partial charge in [-0.1, -0.05) is 0 Å². The molecule has 0 aromatic carbocycles. The SMILES string of the molecule is [CH2-]/C=C\[CH2-].[W+2]. The molecule has 0 aromatic heterocycles.